The van der Waals surface area contributed by atoms with Gasteiger partial charge in [-0.1, -0.05) is 0 Å². The summed E-state index contributed by atoms with van der Waals surface area (Å²) in [6.45, 7) is 11.0. The van der Waals surface area contributed by atoms with Gasteiger partial charge in [0.25, 0.3) is 0 Å². The van der Waals surface area contributed by atoms with E-state index in [0.717, 1.165) is 38.9 Å². The number of H-pyrrole nitrogens is 2. The molecule has 2 aliphatic rings. The first-order chi connectivity index (χ1) is 20.8. The van der Waals surface area contributed by atoms with E-state index in [4.69, 9.17) is 9.97 Å². The Morgan fingerprint density at radius 2 is 1.22 bits per heavy atom. The number of aromatic amines is 2. The number of carbonyl (C=O) groups excluding carboxylic acids is 2. The summed E-state index contributed by atoms with van der Waals surface area (Å²) in [7, 11) is 0. The summed E-state index contributed by atoms with van der Waals surface area (Å²) in [6.07, 6.45) is -1.56. The van der Waals surface area contributed by atoms with Crippen molar-refractivity contribution in [2.24, 2.45) is 0 Å². The summed E-state index contributed by atoms with van der Waals surface area (Å²) >= 11 is 0. The topological polar surface area (TPSA) is 178 Å². The molecule has 0 saturated carbocycles. The van der Waals surface area contributed by atoms with Crippen LogP contribution in [0.1, 0.15) is 98.1 Å². The molecule has 0 saturated heterocycles. The van der Waals surface area contributed by atoms with E-state index in [1.54, 1.807) is 13.8 Å². The fourth-order valence-corrected chi connectivity index (χ4v) is 6.30. The zero-order chi connectivity index (χ0) is 32.0. The Labute approximate surface area is 281 Å². The number of hydrogen-bond acceptors (Lipinski definition) is 8. The minimum absolute atomic E-state index is 0. The number of aliphatic carboxylic acids is 2. The first-order valence-corrected chi connectivity index (χ1v) is 14.7. The van der Waals surface area contributed by atoms with Crippen LogP contribution in [0.15, 0.2) is 24.3 Å². The normalized spacial score (nSPS) is 14.4. The molecule has 5 rings (SSSR count). The van der Waals surface area contributed by atoms with Gasteiger partial charge in [-0.05, 0) is 125 Å². The molecule has 8 bridgehead atoms. The van der Waals surface area contributed by atoms with Crippen LogP contribution >= 0.6 is 0 Å². The van der Waals surface area contributed by atoms with Gasteiger partial charge in [-0.3, -0.25) is 0 Å². The number of aliphatic hydroxyl groups is 2. The second kappa shape index (κ2) is 13.4. The monoisotopic (exact) mass is 798 g/mol. The summed E-state index contributed by atoms with van der Waals surface area (Å²) in [5, 5.41) is 44.4. The summed E-state index contributed by atoms with van der Waals surface area (Å²) in [4.78, 5) is 39.5. The van der Waals surface area contributed by atoms with Crippen LogP contribution in [-0.4, -0.2) is 48.2 Å². The quantitative estimate of drug-likeness (QED) is 0.251. The van der Waals surface area contributed by atoms with E-state index in [0.29, 0.717) is 50.5 Å². The third kappa shape index (κ3) is 6.68. The van der Waals surface area contributed by atoms with Crippen LogP contribution in [0.2, 0.25) is 0 Å². The van der Waals surface area contributed by atoms with Crippen molar-refractivity contribution in [3.8, 4) is 0 Å². The molecule has 5 heterocycles. The van der Waals surface area contributed by atoms with E-state index in [9.17, 15) is 30.0 Å². The molecule has 3 aromatic rings. The molecule has 11 heteroatoms. The van der Waals surface area contributed by atoms with E-state index >= 15 is 0 Å². The number of aliphatic hydroxyl groups excluding tert-OH is 2. The molecule has 45 heavy (non-hydrogen) atoms. The molecule has 0 fully saturated rings. The van der Waals surface area contributed by atoms with E-state index in [2.05, 4.69) is 9.97 Å². The SMILES string of the molecule is CC1=C(CCC(=O)[O-])c2cc3[nH]c(cc4nc(cc5[nH]c(cc1n2)c(C)c5C(C)O)C(C)=C4C(C)O)c(C)c3CCC(=O)[O-].[Hg+2]. The van der Waals surface area contributed by atoms with Gasteiger partial charge in [0.05, 0.1) is 35.0 Å². The van der Waals surface area contributed by atoms with E-state index in [1.807, 2.05) is 52.0 Å². The van der Waals surface area contributed by atoms with Crippen molar-refractivity contribution in [3.05, 3.63) is 69.3 Å². The Morgan fingerprint density at radius 3 is 1.84 bits per heavy atom. The van der Waals surface area contributed by atoms with Crippen molar-refractivity contribution in [3.63, 3.8) is 0 Å². The largest absolute Gasteiger partial charge is 2.00 e. The van der Waals surface area contributed by atoms with Gasteiger partial charge in [-0.15, -0.1) is 0 Å². The van der Waals surface area contributed by atoms with Crippen LogP contribution in [0.5, 0.6) is 0 Å². The molecule has 10 nitrogen and oxygen atoms in total. The van der Waals surface area contributed by atoms with Gasteiger partial charge in [-0.2, -0.15) is 0 Å². The standard InChI is InChI=1S/C34H38N4O6.Hg/c1-15-21(7-9-31(41)42)27-14-28-22(8-10-32(43)44)16(2)24(36-28)12-29-34(20(6)40)18(4)26(38-29)13-30-33(19(5)39)17(3)25(37-30)11-23(15)35-27;/h11-14,19-20,36-37,39-40H,7-10H2,1-6H3,(H,41,42)(H,43,44);/q;+2/p-2. The smallest absolute Gasteiger partial charge is 0.550 e. The molecular weight excluding hydrogens is 761 g/mol. The van der Waals surface area contributed by atoms with Crippen molar-refractivity contribution >= 4 is 56.3 Å². The Bertz CT molecular complexity index is 1930. The third-order valence-corrected chi connectivity index (χ3v) is 8.63. The van der Waals surface area contributed by atoms with Crippen LogP contribution in [0, 0.1) is 13.8 Å². The number of nitrogens with one attached hydrogen (secondary N) is 2. The minimum Gasteiger partial charge on any atom is -0.550 e. The number of carboxylic acids is 2. The van der Waals surface area contributed by atoms with Gasteiger partial charge in [0.15, 0.2) is 0 Å². The maximum atomic E-state index is 11.4. The van der Waals surface area contributed by atoms with Crippen molar-refractivity contribution in [2.45, 2.75) is 79.4 Å². The van der Waals surface area contributed by atoms with Crippen LogP contribution in [-0.2, 0) is 43.7 Å². The number of allylic oxidation sites excluding steroid dienone is 3. The Kier molecular flexibility index (Phi) is 10.2. The number of rotatable bonds is 8. The van der Waals surface area contributed by atoms with Gasteiger partial charge >= 0.3 is 27.7 Å². The maximum absolute atomic E-state index is 11.4. The molecule has 0 spiro atoms. The van der Waals surface area contributed by atoms with Gasteiger partial charge in [0.2, 0.25) is 0 Å². The average Bonchev–Trinajstić information content (AvgIpc) is 3.59. The summed E-state index contributed by atoms with van der Waals surface area (Å²) in [6, 6.07) is 7.41. The van der Waals surface area contributed by atoms with Crippen molar-refractivity contribution in [1.29, 1.82) is 0 Å². The Morgan fingerprint density at radius 1 is 0.711 bits per heavy atom. The fourth-order valence-electron chi connectivity index (χ4n) is 6.30. The molecule has 0 amide bonds. The first-order valence-electron chi connectivity index (χ1n) is 14.7. The summed E-state index contributed by atoms with van der Waals surface area (Å²) < 4.78 is 0. The second-order valence-corrected chi connectivity index (χ2v) is 11.6. The first kappa shape index (κ1) is 34.3. The number of hydrogen-bond donors (Lipinski definition) is 4. The fraction of sp³-hybridized carbons (Fsp3) is 0.353. The number of aromatic nitrogens is 4. The van der Waals surface area contributed by atoms with Gasteiger partial charge in [-0.25, -0.2) is 9.97 Å². The predicted molar refractivity (Wildman–Crippen MR) is 165 cm³/mol. The molecule has 0 aliphatic carbocycles. The van der Waals surface area contributed by atoms with Gasteiger partial charge in [0, 0.05) is 45.1 Å². The van der Waals surface area contributed by atoms with Crippen molar-refractivity contribution < 1.29 is 57.7 Å². The molecule has 0 aromatic carbocycles. The molecule has 2 atom stereocenters. The average molecular weight is 797 g/mol. The molecule has 2 aliphatic heterocycles. The molecular formula is C34H36HgN4O6. The van der Waals surface area contributed by atoms with Crippen LogP contribution in [0.3, 0.4) is 0 Å². The zero-order valence-corrected chi connectivity index (χ0v) is 31.9. The van der Waals surface area contributed by atoms with Crippen molar-refractivity contribution in [2.75, 3.05) is 0 Å². The van der Waals surface area contributed by atoms with E-state index in [-0.39, 0.29) is 53.4 Å². The molecule has 4 N–H and O–H groups in total. The molecule has 230 valence electrons. The maximum Gasteiger partial charge on any atom is 2.00 e. The number of fused-ring (bicyclic) bond motifs is 8. The number of carbonyl (C=O) groups is 2. The van der Waals surface area contributed by atoms with Crippen LogP contribution in [0.25, 0.3) is 44.4 Å². The number of carboxylic acid groups (broad SMARTS) is 2. The van der Waals surface area contributed by atoms with Gasteiger partial charge < -0.3 is 40.0 Å². The summed E-state index contributed by atoms with van der Waals surface area (Å²) in [5.74, 6) is -2.34. The summed E-state index contributed by atoms with van der Waals surface area (Å²) in [5.41, 5.74) is 11.3. The zero-order valence-electron chi connectivity index (χ0n) is 26.4. The molecule has 3 aromatic heterocycles. The van der Waals surface area contributed by atoms with Crippen LogP contribution in [0.4, 0.5) is 0 Å². The molecule has 2 unspecified atom stereocenters. The number of aryl methyl sites for hydroxylation is 3. The van der Waals surface area contributed by atoms with Crippen LogP contribution < -0.4 is 10.2 Å². The predicted octanol–water partition coefficient (Wildman–Crippen LogP) is 3.44. The van der Waals surface area contributed by atoms with E-state index in [1.165, 1.54) is 0 Å². The van der Waals surface area contributed by atoms with E-state index < -0.39 is 24.1 Å². The Balaban J connectivity index is 0.00000461. The van der Waals surface area contributed by atoms with Gasteiger partial charge in [0.1, 0.15) is 0 Å². The Hall–Kier alpha value is -3.60. The van der Waals surface area contributed by atoms with Crippen molar-refractivity contribution in [1.82, 2.24) is 19.9 Å². The number of nitrogens with zero attached hydrogens (tertiary/aromatic N) is 2. The second-order valence-electron chi connectivity index (χ2n) is 11.6. The minimum atomic E-state index is -1.17. The molecule has 0 radical (unpaired) electrons. The third-order valence-electron chi connectivity index (χ3n) is 8.63.